The van der Waals surface area contributed by atoms with Gasteiger partial charge < -0.3 is 10.2 Å². The smallest absolute Gasteiger partial charge is 0.303 e. The summed E-state index contributed by atoms with van der Waals surface area (Å²) in [6, 6.07) is 4.85. The summed E-state index contributed by atoms with van der Waals surface area (Å²) in [4.78, 5) is 10.3. The fourth-order valence-electron chi connectivity index (χ4n) is 1.37. The van der Waals surface area contributed by atoms with Crippen molar-refractivity contribution in [3.05, 3.63) is 33.8 Å². The van der Waals surface area contributed by atoms with Crippen molar-refractivity contribution in [2.24, 2.45) is 0 Å². The lowest BCUT2D eigenvalue weighted by Gasteiger charge is -2.12. The molecule has 0 aliphatic heterocycles. The summed E-state index contributed by atoms with van der Waals surface area (Å²) in [5, 5.41) is 19.2. The van der Waals surface area contributed by atoms with Crippen molar-refractivity contribution in [2.75, 3.05) is 0 Å². The molecule has 0 saturated heterocycles. The normalized spacial score (nSPS) is 12.4. The van der Waals surface area contributed by atoms with Crippen LogP contribution in [0.15, 0.2) is 18.2 Å². The fraction of sp³-hybridized carbons (Fsp3) is 0.364. The highest BCUT2D eigenvalue weighted by Crippen LogP contribution is 2.28. The molecule has 0 aliphatic carbocycles. The molecule has 3 nitrogen and oxygen atoms in total. The average molecular weight is 263 g/mol. The van der Waals surface area contributed by atoms with Gasteiger partial charge in [-0.05, 0) is 30.5 Å². The molecular formula is C11H12Cl2O3. The number of halogens is 2. The van der Waals surface area contributed by atoms with Gasteiger partial charge in [0.05, 0.1) is 6.10 Å². The Labute approximate surface area is 104 Å². The summed E-state index contributed by atoms with van der Waals surface area (Å²) in [7, 11) is 0. The number of carboxylic acid groups (broad SMARTS) is 1. The molecule has 0 aromatic heterocycles. The quantitative estimate of drug-likeness (QED) is 0.857. The van der Waals surface area contributed by atoms with Gasteiger partial charge in [0.2, 0.25) is 0 Å². The minimum Gasteiger partial charge on any atom is -0.481 e. The van der Waals surface area contributed by atoms with Gasteiger partial charge in [-0.3, -0.25) is 4.79 Å². The molecule has 88 valence electrons. The zero-order valence-electron chi connectivity index (χ0n) is 8.49. The molecule has 16 heavy (non-hydrogen) atoms. The lowest BCUT2D eigenvalue weighted by molar-refractivity contribution is -0.137. The standard InChI is InChI=1S/C11H12Cl2O3/c12-7-4-5-8(9(13)6-7)10(14)2-1-3-11(15)16/h4-6,10,14H,1-3H2,(H,15,16). The third kappa shape index (κ3) is 4.00. The number of carboxylic acids is 1. The van der Waals surface area contributed by atoms with Gasteiger partial charge in [0.25, 0.3) is 0 Å². The minimum absolute atomic E-state index is 0.0439. The first-order valence-corrected chi connectivity index (χ1v) is 5.61. The van der Waals surface area contributed by atoms with E-state index in [0.29, 0.717) is 28.5 Å². The summed E-state index contributed by atoms with van der Waals surface area (Å²) in [6.45, 7) is 0. The molecule has 1 atom stereocenters. The first-order chi connectivity index (χ1) is 7.50. The summed E-state index contributed by atoms with van der Waals surface area (Å²) in [5.41, 5.74) is 0.580. The van der Waals surface area contributed by atoms with Crippen molar-refractivity contribution >= 4 is 29.2 Å². The van der Waals surface area contributed by atoms with Gasteiger partial charge in [-0.2, -0.15) is 0 Å². The SMILES string of the molecule is O=C(O)CCCC(O)c1ccc(Cl)cc1Cl. The summed E-state index contributed by atoms with van der Waals surface area (Å²) >= 11 is 11.6. The molecule has 0 saturated carbocycles. The Morgan fingerprint density at radius 1 is 1.38 bits per heavy atom. The van der Waals surface area contributed by atoms with Crippen LogP contribution in [-0.2, 0) is 4.79 Å². The van der Waals surface area contributed by atoms with Crippen LogP contribution in [0, 0.1) is 0 Å². The van der Waals surface area contributed by atoms with E-state index in [-0.39, 0.29) is 6.42 Å². The average Bonchev–Trinajstić information content (AvgIpc) is 2.16. The predicted octanol–water partition coefficient (Wildman–Crippen LogP) is 3.28. The van der Waals surface area contributed by atoms with E-state index in [1.165, 1.54) is 0 Å². The van der Waals surface area contributed by atoms with Crippen LogP contribution >= 0.6 is 23.2 Å². The third-order valence-corrected chi connectivity index (χ3v) is 2.75. The Bertz CT molecular complexity index is 379. The first kappa shape index (κ1) is 13.3. The van der Waals surface area contributed by atoms with Gasteiger partial charge in [0.1, 0.15) is 0 Å². The van der Waals surface area contributed by atoms with Crippen LogP contribution in [0.4, 0.5) is 0 Å². The van der Waals surface area contributed by atoms with Gasteiger partial charge >= 0.3 is 5.97 Å². The lowest BCUT2D eigenvalue weighted by Crippen LogP contribution is -2.01. The van der Waals surface area contributed by atoms with Crippen molar-refractivity contribution in [3.8, 4) is 0 Å². The molecule has 1 rings (SSSR count). The number of benzene rings is 1. The van der Waals surface area contributed by atoms with E-state index in [1.807, 2.05) is 0 Å². The van der Waals surface area contributed by atoms with Crippen molar-refractivity contribution < 1.29 is 15.0 Å². The van der Waals surface area contributed by atoms with E-state index in [0.717, 1.165) is 0 Å². The number of hydrogen-bond donors (Lipinski definition) is 2. The summed E-state index contributed by atoms with van der Waals surface area (Å²) in [5.74, 6) is -0.866. The monoisotopic (exact) mass is 262 g/mol. The lowest BCUT2D eigenvalue weighted by atomic mass is 10.0. The molecule has 0 heterocycles. The van der Waals surface area contributed by atoms with Gasteiger partial charge in [-0.25, -0.2) is 0 Å². The number of aliphatic carboxylic acids is 1. The zero-order chi connectivity index (χ0) is 12.1. The van der Waals surface area contributed by atoms with Gasteiger partial charge in [-0.15, -0.1) is 0 Å². The second kappa shape index (κ2) is 6.09. The van der Waals surface area contributed by atoms with E-state index in [9.17, 15) is 9.90 Å². The van der Waals surface area contributed by atoms with Crippen LogP contribution < -0.4 is 0 Å². The van der Waals surface area contributed by atoms with Crippen LogP contribution in [0.2, 0.25) is 10.0 Å². The number of aliphatic hydroxyl groups is 1. The van der Waals surface area contributed by atoms with E-state index in [4.69, 9.17) is 28.3 Å². The number of aliphatic hydroxyl groups excluding tert-OH is 1. The molecule has 0 fully saturated rings. The van der Waals surface area contributed by atoms with Crippen LogP contribution in [0.3, 0.4) is 0 Å². The van der Waals surface area contributed by atoms with Crippen LogP contribution in [0.1, 0.15) is 30.9 Å². The highest BCUT2D eigenvalue weighted by molar-refractivity contribution is 6.35. The maximum atomic E-state index is 10.3. The molecule has 0 radical (unpaired) electrons. The highest BCUT2D eigenvalue weighted by Gasteiger charge is 2.12. The van der Waals surface area contributed by atoms with Crippen molar-refractivity contribution in [3.63, 3.8) is 0 Å². The minimum atomic E-state index is -0.866. The molecule has 1 unspecified atom stereocenters. The topological polar surface area (TPSA) is 57.5 Å². The maximum Gasteiger partial charge on any atom is 0.303 e. The molecule has 1 aromatic rings. The molecular weight excluding hydrogens is 251 g/mol. The van der Waals surface area contributed by atoms with E-state index in [2.05, 4.69) is 0 Å². The van der Waals surface area contributed by atoms with Crippen molar-refractivity contribution in [1.82, 2.24) is 0 Å². The first-order valence-electron chi connectivity index (χ1n) is 4.85. The molecule has 0 bridgehead atoms. The Hall–Kier alpha value is -0.770. The zero-order valence-corrected chi connectivity index (χ0v) is 10.0. The van der Waals surface area contributed by atoms with E-state index in [1.54, 1.807) is 18.2 Å². The number of rotatable bonds is 5. The second-order valence-corrected chi connectivity index (χ2v) is 4.31. The van der Waals surface area contributed by atoms with Crippen LogP contribution in [0.25, 0.3) is 0 Å². The number of carbonyl (C=O) groups is 1. The van der Waals surface area contributed by atoms with Crippen molar-refractivity contribution in [2.45, 2.75) is 25.4 Å². The van der Waals surface area contributed by atoms with E-state index < -0.39 is 12.1 Å². The summed E-state index contributed by atoms with van der Waals surface area (Å²) < 4.78 is 0. The third-order valence-electron chi connectivity index (χ3n) is 2.19. The second-order valence-electron chi connectivity index (χ2n) is 3.47. The Balaban J connectivity index is 2.58. The fourth-order valence-corrected chi connectivity index (χ4v) is 1.91. The maximum absolute atomic E-state index is 10.3. The van der Waals surface area contributed by atoms with Gasteiger partial charge in [-0.1, -0.05) is 29.3 Å². The predicted molar refractivity (Wildman–Crippen MR) is 62.9 cm³/mol. The summed E-state index contributed by atoms with van der Waals surface area (Å²) in [6.07, 6.45) is 0.0786. The van der Waals surface area contributed by atoms with Gasteiger partial charge in [0, 0.05) is 16.5 Å². The highest BCUT2D eigenvalue weighted by atomic mass is 35.5. The van der Waals surface area contributed by atoms with E-state index >= 15 is 0 Å². The Morgan fingerprint density at radius 2 is 2.06 bits per heavy atom. The van der Waals surface area contributed by atoms with Crippen LogP contribution in [0.5, 0.6) is 0 Å². The van der Waals surface area contributed by atoms with Gasteiger partial charge in [0.15, 0.2) is 0 Å². The van der Waals surface area contributed by atoms with Crippen molar-refractivity contribution in [1.29, 1.82) is 0 Å². The molecule has 1 aromatic carbocycles. The molecule has 5 heteroatoms. The molecule has 0 spiro atoms. The molecule has 2 N–H and O–H groups in total. The Kier molecular flexibility index (Phi) is 5.06. The molecule has 0 amide bonds. The molecule has 0 aliphatic rings. The Morgan fingerprint density at radius 3 is 2.62 bits per heavy atom. The largest absolute Gasteiger partial charge is 0.481 e. The number of hydrogen-bond acceptors (Lipinski definition) is 2. The van der Waals surface area contributed by atoms with Crippen LogP contribution in [-0.4, -0.2) is 16.2 Å².